The van der Waals surface area contributed by atoms with Crippen LogP contribution in [0.1, 0.15) is 30.4 Å². The number of hydrogen-bond acceptors (Lipinski definition) is 4. The Morgan fingerprint density at radius 1 is 1.08 bits per heavy atom. The van der Waals surface area contributed by atoms with Crippen LogP contribution in [-0.2, 0) is 4.74 Å². The van der Waals surface area contributed by atoms with E-state index in [0.717, 1.165) is 10.1 Å². The normalized spacial score (nSPS) is 15.4. The highest BCUT2D eigenvalue weighted by Gasteiger charge is 2.29. The number of ether oxygens (including phenoxy) is 1. The summed E-state index contributed by atoms with van der Waals surface area (Å²) in [6.45, 7) is 7.28. The van der Waals surface area contributed by atoms with E-state index in [4.69, 9.17) is 27.9 Å². The molecule has 0 spiro atoms. The summed E-state index contributed by atoms with van der Waals surface area (Å²) in [4.78, 5) is 28.9. The maximum absolute atomic E-state index is 12.9. The van der Waals surface area contributed by atoms with Crippen LogP contribution in [-0.4, -0.2) is 53.6 Å². The Balaban J connectivity index is 1.69. The first-order valence-electron chi connectivity index (χ1n) is 8.30. The average Bonchev–Trinajstić information content (AvgIpc) is 2.89. The molecule has 0 radical (unpaired) electrons. The fourth-order valence-electron chi connectivity index (χ4n) is 2.74. The third-order valence-electron chi connectivity index (χ3n) is 4.00. The summed E-state index contributed by atoms with van der Waals surface area (Å²) in [5.41, 5.74) is -0.532. The number of amides is 2. The van der Waals surface area contributed by atoms with Gasteiger partial charge in [0.2, 0.25) is 0 Å². The van der Waals surface area contributed by atoms with Crippen molar-refractivity contribution in [1.82, 2.24) is 9.80 Å². The summed E-state index contributed by atoms with van der Waals surface area (Å²) in [5, 5.41) is 1.90. The highest BCUT2D eigenvalue weighted by atomic mass is 35.5. The van der Waals surface area contributed by atoms with Crippen molar-refractivity contribution in [3.05, 3.63) is 33.1 Å². The molecule has 26 heavy (non-hydrogen) atoms. The Bertz CT molecular complexity index is 852. The molecule has 2 amide bonds. The second kappa shape index (κ2) is 7.25. The van der Waals surface area contributed by atoms with Gasteiger partial charge in [0.25, 0.3) is 5.91 Å². The highest BCUT2D eigenvalue weighted by Crippen LogP contribution is 2.37. The molecule has 1 aliphatic heterocycles. The average molecular weight is 415 g/mol. The SMILES string of the molecule is CC(C)(C)OC(=O)N1CCN(C(=O)c2sc3cc(Cl)ccc3c2Cl)CC1. The van der Waals surface area contributed by atoms with Crippen molar-refractivity contribution in [1.29, 1.82) is 0 Å². The van der Waals surface area contributed by atoms with Gasteiger partial charge in [-0.3, -0.25) is 4.79 Å². The molecule has 1 aliphatic rings. The monoisotopic (exact) mass is 414 g/mol. The van der Waals surface area contributed by atoms with E-state index < -0.39 is 5.60 Å². The Morgan fingerprint density at radius 2 is 1.69 bits per heavy atom. The number of benzene rings is 1. The summed E-state index contributed by atoms with van der Waals surface area (Å²) in [6, 6.07) is 5.40. The molecule has 2 heterocycles. The van der Waals surface area contributed by atoms with Gasteiger partial charge in [-0.15, -0.1) is 11.3 Å². The lowest BCUT2D eigenvalue weighted by Gasteiger charge is -2.35. The highest BCUT2D eigenvalue weighted by molar-refractivity contribution is 7.21. The number of carbonyl (C=O) groups is 2. The Hall–Kier alpha value is -1.50. The number of thiophene rings is 1. The van der Waals surface area contributed by atoms with Crippen LogP contribution in [0, 0.1) is 0 Å². The van der Waals surface area contributed by atoms with Gasteiger partial charge in [0.15, 0.2) is 0 Å². The van der Waals surface area contributed by atoms with Crippen molar-refractivity contribution in [2.75, 3.05) is 26.2 Å². The largest absolute Gasteiger partial charge is 0.444 e. The van der Waals surface area contributed by atoms with E-state index >= 15 is 0 Å². The quantitative estimate of drug-likeness (QED) is 0.666. The fourth-order valence-corrected chi connectivity index (χ4v) is 4.49. The minimum atomic E-state index is -0.532. The zero-order valence-electron chi connectivity index (χ0n) is 14.8. The molecule has 8 heteroatoms. The second-order valence-corrected chi connectivity index (χ2v) is 9.01. The summed E-state index contributed by atoms with van der Waals surface area (Å²) in [6.07, 6.45) is -0.348. The minimum absolute atomic E-state index is 0.115. The van der Waals surface area contributed by atoms with Gasteiger partial charge in [-0.25, -0.2) is 4.79 Å². The van der Waals surface area contributed by atoms with E-state index in [1.165, 1.54) is 11.3 Å². The summed E-state index contributed by atoms with van der Waals surface area (Å²) in [5.74, 6) is -0.115. The lowest BCUT2D eigenvalue weighted by atomic mass is 10.2. The maximum atomic E-state index is 12.9. The Kier molecular flexibility index (Phi) is 5.37. The standard InChI is InChI=1S/C18H20Cl2N2O3S/c1-18(2,3)25-17(24)22-8-6-21(7-9-22)16(23)15-14(20)12-5-4-11(19)10-13(12)26-15/h4-5,10H,6-9H2,1-3H3. The number of piperazine rings is 1. The predicted octanol–water partition coefficient (Wildman–Crippen LogP) is 4.90. The molecule has 0 saturated carbocycles. The molecule has 0 atom stereocenters. The molecule has 1 aromatic heterocycles. The van der Waals surface area contributed by atoms with E-state index in [0.29, 0.717) is 41.1 Å². The Morgan fingerprint density at radius 3 is 2.31 bits per heavy atom. The molecule has 0 bridgehead atoms. The molecular formula is C18H20Cl2N2O3S. The van der Waals surface area contributed by atoms with Crippen molar-refractivity contribution in [3.8, 4) is 0 Å². The summed E-state index contributed by atoms with van der Waals surface area (Å²) in [7, 11) is 0. The molecule has 1 aromatic carbocycles. The van der Waals surface area contributed by atoms with Gasteiger partial charge < -0.3 is 14.5 Å². The molecule has 3 rings (SSSR count). The molecule has 5 nitrogen and oxygen atoms in total. The first kappa shape index (κ1) is 19.3. The van der Waals surface area contributed by atoms with Gasteiger partial charge in [0.1, 0.15) is 10.5 Å². The molecule has 0 aliphatic carbocycles. The van der Waals surface area contributed by atoms with Crippen molar-refractivity contribution >= 4 is 56.6 Å². The van der Waals surface area contributed by atoms with E-state index in [9.17, 15) is 9.59 Å². The lowest BCUT2D eigenvalue weighted by Crippen LogP contribution is -2.51. The predicted molar refractivity (Wildman–Crippen MR) is 106 cm³/mol. The van der Waals surface area contributed by atoms with Crippen LogP contribution < -0.4 is 0 Å². The van der Waals surface area contributed by atoms with Crippen LogP contribution >= 0.6 is 34.5 Å². The van der Waals surface area contributed by atoms with Crippen molar-refractivity contribution in [2.24, 2.45) is 0 Å². The molecule has 0 N–H and O–H groups in total. The first-order chi connectivity index (χ1) is 12.2. The molecule has 1 fully saturated rings. The molecule has 1 saturated heterocycles. The molecule has 0 unspecified atom stereocenters. The smallest absolute Gasteiger partial charge is 0.410 e. The molecule has 2 aromatic rings. The van der Waals surface area contributed by atoms with E-state index in [2.05, 4.69) is 0 Å². The third-order valence-corrected chi connectivity index (χ3v) is 5.88. The van der Waals surface area contributed by atoms with Crippen LogP contribution in [0.3, 0.4) is 0 Å². The van der Waals surface area contributed by atoms with Gasteiger partial charge in [0, 0.05) is 41.3 Å². The minimum Gasteiger partial charge on any atom is -0.444 e. The molecule has 140 valence electrons. The van der Waals surface area contributed by atoms with E-state index in [1.54, 1.807) is 15.9 Å². The molecular weight excluding hydrogens is 395 g/mol. The van der Waals surface area contributed by atoms with E-state index in [1.807, 2.05) is 32.9 Å². The zero-order chi connectivity index (χ0) is 19.1. The maximum Gasteiger partial charge on any atom is 0.410 e. The Labute approximate surface area is 166 Å². The van der Waals surface area contributed by atoms with Gasteiger partial charge >= 0.3 is 6.09 Å². The number of fused-ring (bicyclic) bond motifs is 1. The van der Waals surface area contributed by atoms with Gasteiger partial charge in [-0.05, 0) is 32.9 Å². The lowest BCUT2D eigenvalue weighted by molar-refractivity contribution is 0.0141. The van der Waals surface area contributed by atoms with Crippen LogP contribution in [0.15, 0.2) is 18.2 Å². The first-order valence-corrected chi connectivity index (χ1v) is 9.88. The van der Waals surface area contributed by atoms with Crippen molar-refractivity contribution < 1.29 is 14.3 Å². The summed E-state index contributed by atoms with van der Waals surface area (Å²) >= 11 is 13.8. The third kappa shape index (κ3) is 4.08. The number of halogens is 2. The topological polar surface area (TPSA) is 49.9 Å². The van der Waals surface area contributed by atoms with Crippen LogP contribution in [0.5, 0.6) is 0 Å². The van der Waals surface area contributed by atoms with Gasteiger partial charge in [-0.1, -0.05) is 29.3 Å². The van der Waals surface area contributed by atoms with Crippen molar-refractivity contribution in [2.45, 2.75) is 26.4 Å². The van der Waals surface area contributed by atoms with Gasteiger partial charge in [0.05, 0.1) is 5.02 Å². The number of hydrogen-bond donors (Lipinski definition) is 0. The van der Waals surface area contributed by atoms with Crippen LogP contribution in [0.4, 0.5) is 4.79 Å². The van der Waals surface area contributed by atoms with E-state index in [-0.39, 0.29) is 12.0 Å². The van der Waals surface area contributed by atoms with Crippen LogP contribution in [0.2, 0.25) is 10.0 Å². The number of rotatable bonds is 1. The summed E-state index contributed by atoms with van der Waals surface area (Å²) < 4.78 is 6.27. The van der Waals surface area contributed by atoms with Crippen molar-refractivity contribution in [3.63, 3.8) is 0 Å². The fraction of sp³-hybridized carbons (Fsp3) is 0.444. The second-order valence-electron chi connectivity index (χ2n) is 7.15. The number of carbonyl (C=O) groups excluding carboxylic acids is 2. The zero-order valence-corrected chi connectivity index (χ0v) is 17.2. The van der Waals surface area contributed by atoms with Crippen LogP contribution in [0.25, 0.3) is 10.1 Å². The number of nitrogens with zero attached hydrogens (tertiary/aromatic N) is 2. The van der Waals surface area contributed by atoms with Gasteiger partial charge in [-0.2, -0.15) is 0 Å².